The second-order valence-electron chi connectivity index (χ2n) is 3.63. The molecule has 0 amide bonds. The molecule has 1 atom stereocenters. The van der Waals surface area contributed by atoms with Crippen molar-refractivity contribution in [1.29, 1.82) is 0 Å². The molecule has 0 radical (unpaired) electrons. The molecule has 1 aliphatic heterocycles. The van der Waals surface area contributed by atoms with Crippen molar-refractivity contribution in [2.45, 2.75) is 25.8 Å². The van der Waals surface area contributed by atoms with E-state index in [1.54, 1.807) is 0 Å². The largest absolute Gasteiger partial charge is 0.310 e. The minimum Gasteiger partial charge on any atom is -0.310 e. The Morgan fingerprint density at radius 2 is 2.21 bits per heavy atom. The van der Waals surface area contributed by atoms with E-state index >= 15 is 0 Å². The molecular formula is C11H15Cl2N. The summed E-state index contributed by atoms with van der Waals surface area (Å²) in [5.41, 5.74) is 2.44. The molecule has 2 rings (SSSR count). The summed E-state index contributed by atoms with van der Waals surface area (Å²) < 4.78 is 0. The van der Waals surface area contributed by atoms with Gasteiger partial charge in [-0.15, -0.1) is 12.4 Å². The van der Waals surface area contributed by atoms with E-state index in [9.17, 15) is 0 Å². The maximum Gasteiger partial charge on any atom is 0.0482 e. The molecule has 0 unspecified atom stereocenters. The molecular weight excluding hydrogens is 217 g/mol. The first-order valence-corrected chi connectivity index (χ1v) is 5.15. The van der Waals surface area contributed by atoms with Crippen LogP contribution in [0.15, 0.2) is 18.2 Å². The Balaban J connectivity index is 0.000000980. The Kier molecular flexibility index (Phi) is 4.24. The Bertz CT molecular complexity index is 306. The molecule has 1 aliphatic rings. The Morgan fingerprint density at radius 3 is 2.86 bits per heavy atom. The molecule has 78 valence electrons. The van der Waals surface area contributed by atoms with Gasteiger partial charge in [-0.3, -0.25) is 0 Å². The zero-order valence-electron chi connectivity index (χ0n) is 8.22. The lowest BCUT2D eigenvalue weighted by atomic mass is 10.0. The van der Waals surface area contributed by atoms with Gasteiger partial charge in [0, 0.05) is 11.1 Å². The predicted octanol–water partition coefficient (Wildman–Crippen LogP) is 3.49. The van der Waals surface area contributed by atoms with E-state index in [1.165, 1.54) is 24.0 Å². The molecule has 1 aromatic carbocycles. The summed E-state index contributed by atoms with van der Waals surface area (Å²) in [6.07, 6.45) is 2.47. The first kappa shape index (κ1) is 11.8. The summed E-state index contributed by atoms with van der Waals surface area (Å²) in [5, 5.41) is 4.39. The fraction of sp³-hybridized carbons (Fsp3) is 0.455. The van der Waals surface area contributed by atoms with Crippen molar-refractivity contribution in [2.24, 2.45) is 0 Å². The average molecular weight is 232 g/mol. The first-order valence-electron chi connectivity index (χ1n) is 4.77. The van der Waals surface area contributed by atoms with Gasteiger partial charge in [0.1, 0.15) is 0 Å². The van der Waals surface area contributed by atoms with Crippen LogP contribution < -0.4 is 5.32 Å². The van der Waals surface area contributed by atoms with Crippen molar-refractivity contribution in [1.82, 2.24) is 5.32 Å². The lowest BCUT2D eigenvalue weighted by Gasteiger charge is -2.13. The third-order valence-corrected chi connectivity index (χ3v) is 3.17. The molecule has 0 aliphatic carbocycles. The van der Waals surface area contributed by atoms with E-state index in [-0.39, 0.29) is 12.4 Å². The molecule has 1 saturated heterocycles. The van der Waals surface area contributed by atoms with Crippen LogP contribution >= 0.6 is 24.0 Å². The molecule has 0 aromatic heterocycles. The van der Waals surface area contributed by atoms with Gasteiger partial charge in [-0.2, -0.15) is 0 Å². The molecule has 3 heteroatoms. The van der Waals surface area contributed by atoms with Gasteiger partial charge in [-0.05, 0) is 37.4 Å². The van der Waals surface area contributed by atoms with Gasteiger partial charge in [0.2, 0.25) is 0 Å². The van der Waals surface area contributed by atoms with Gasteiger partial charge in [0.15, 0.2) is 0 Å². The summed E-state index contributed by atoms with van der Waals surface area (Å²) in [6.45, 7) is 3.18. The molecule has 0 bridgehead atoms. The molecule has 1 fully saturated rings. The van der Waals surface area contributed by atoms with Gasteiger partial charge in [-0.1, -0.05) is 29.8 Å². The van der Waals surface area contributed by atoms with Gasteiger partial charge in [0.25, 0.3) is 0 Å². The van der Waals surface area contributed by atoms with Crippen LogP contribution in [0.25, 0.3) is 0 Å². The molecule has 1 heterocycles. The summed E-state index contributed by atoms with van der Waals surface area (Å²) in [5.74, 6) is 0. The van der Waals surface area contributed by atoms with Crippen molar-refractivity contribution in [3.63, 3.8) is 0 Å². The van der Waals surface area contributed by atoms with Crippen molar-refractivity contribution >= 4 is 24.0 Å². The quantitative estimate of drug-likeness (QED) is 0.781. The Hall–Kier alpha value is -0.240. The van der Waals surface area contributed by atoms with Crippen molar-refractivity contribution in [3.05, 3.63) is 34.3 Å². The number of nitrogens with one attached hydrogen (secondary N) is 1. The monoisotopic (exact) mass is 231 g/mol. The second-order valence-corrected chi connectivity index (χ2v) is 4.01. The predicted molar refractivity (Wildman–Crippen MR) is 63.4 cm³/mol. The Labute approximate surface area is 96.3 Å². The van der Waals surface area contributed by atoms with Gasteiger partial charge in [0.05, 0.1) is 0 Å². The number of halogens is 2. The topological polar surface area (TPSA) is 12.0 Å². The van der Waals surface area contributed by atoms with Crippen LogP contribution in [0.5, 0.6) is 0 Å². The molecule has 14 heavy (non-hydrogen) atoms. The first-order chi connectivity index (χ1) is 6.29. The highest BCUT2D eigenvalue weighted by molar-refractivity contribution is 6.32. The Morgan fingerprint density at radius 1 is 1.43 bits per heavy atom. The SMILES string of the molecule is Cc1cccc([C@@H]2CCCN2)c1Cl.Cl. The summed E-state index contributed by atoms with van der Waals surface area (Å²) in [4.78, 5) is 0. The van der Waals surface area contributed by atoms with Crippen LogP contribution in [0.4, 0.5) is 0 Å². The number of aryl methyl sites for hydroxylation is 1. The van der Waals surface area contributed by atoms with Crippen LogP contribution in [0, 0.1) is 6.92 Å². The lowest BCUT2D eigenvalue weighted by Crippen LogP contribution is -2.13. The smallest absolute Gasteiger partial charge is 0.0482 e. The number of hydrogen-bond donors (Lipinski definition) is 1. The minimum atomic E-state index is 0. The van der Waals surface area contributed by atoms with E-state index in [1.807, 2.05) is 0 Å². The third kappa shape index (κ3) is 2.22. The molecule has 0 spiro atoms. The summed E-state index contributed by atoms with van der Waals surface area (Å²) in [7, 11) is 0. The van der Waals surface area contributed by atoms with Crippen LogP contribution in [0.2, 0.25) is 5.02 Å². The van der Waals surface area contributed by atoms with Crippen molar-refractivity contribution in [3.8, 4) is 0 Å². The minimum absolute atomic E-state index is 0. The maximum absolute atomic E-state index is 6.23. The van der Waals surface area contributed by atoms with E-state index in [0.29, 0.717) is 6.04 Å². The molecule has 1 aromatic rings. The average Bonchev–Trinajstić information content (AvgIpc) is 2.62. The van der Waals surface area contributed by atoms with Crippen LogP contribution in [-0.2, 0) is 0 Å². The van der Waals surface area contributed by atoms with E-state index < -0.39 is 0 Å². The number of benzene rings is 1. The molecule has 1 nitrogen and oxygen atoms in total. The van der Waals surface area contributed by atoms with Gasteiger partial charge in [-0.25, -0.2) is 0 Å². The fourth-order valence-electron chi connectivity index (χ4n) is 1.89. The van der Waals surface area contributed by atoms with E-state index in [2.05, 4.69) is 30.4 Å². The second kappa shape index (κ2) is 5.01. The zero-order chi connectivity index (χ0) is 9.26. The van der Waals surface area contributed by atoms with Gasteiger partial charge >= 0.3 is 0 Å². The molecule has 0 saturated carbocycles. The summed E-state index contributed by atoms with van der Waals surface area (Å²) in [6, 6.07) is 6.74. The van der Waals surface area contributed by atoms with Gasteiger partial charge < -0.3 is 5.32 Å². The van der Waals surface area contributed by atoms with E-state index in [4.69, 9.17) is 11.6 Å². The lowest BCUT2D eigenvalue weighted by molar-refractivity contribution is 0.647. The van der Waals surface area contributed by atoms with Crippen molar-refractivity contribution in [2.75, 3.05) is 6.54 Å². The highest BCUT2D eigenvalue weighted by atomic mass is 35.5. The standard InChI is InChI=1S/C11H14ClN.ClH/c1-8-4-2-5-9(11(8)12)10-6-3-7-13-10;/h2,4-5,10,13H,3,6-7H2,1H3;1H/t10-;/m0./s1. The zero-order valence-corrected chi connectivity index (χ0v) is 9.79. The van der Waals surface area contributed by atoms with Crippen LogP contribution in [0.1, 0.15) is 30.0 Å². The summed E-state index contributed by atoms with van der Waals surface area (Å²) >= 11 is 6.23. The van der Waals surface area contributed by atoms with E-state index in [0.717, 1.165) is 11.6 Å². The fourth-order valence-corrected chi connectivity index (χ4v) is 2.15. The normalized spacial score (nSPS) is 20.6. The molecule has 1 N–H and O–H groups in total. The third-order valence-electron chi connectivity index (χ3n) is 2.66. The van der Waals surface area contributed by atoms with Crippen LogP contribution in [-0.4, -0.2) is 6.54 Å². The van der Waals surface area contributed by atoms with Crippen molar-refractivity contribution < 1.29 is 0 Å². The van der Waals surface area contributed by atoms with Crippen LogP contribution in [0.3, 0.4) is 0 Å². The number of rotatable bonds is 1. The maximum atomic E-state index is 6.23. The highest BCUT2D eigenvalue weighted by Crippen LogP contribution is 2.30. The number of hydrogen-bond acceptors (Lipinski definition) is 1. The highest BCUT2D eigenvalue weighted by Gasteiger charge is 2.18.